The molecule has 1 N–H and O–H groups in total. The van der Waals surface area contributed by atoms with E-state index in [1.165, 1.54) is 13.0 Å². The molecule has 0 aromatic heterocycles. The van der Waals surface area contributed by atoms with Gasteiger partial charge < -0.3 is 5.11 Å². The number of aliphatic hydroxyl groups is 1. The molecule has 0 bridgehead atoms. The molecule has 18 heavy (non-hydrogen) atoms. The molecule has 7 heteroatoms. The number of alkyl halides is 3. The average Bonchev–Trinajstić information content (AvgIpc) is 2.13. The maximum Gasteiger partial charge on any atom is 0.416 e. The second-order valence-corrected chi connectivity index (χ2v) is 6.56. The van der Waals surface area contributed by atoms with E-state index < -0.39 is 32.9 Å². The van der Waals surface area contributed by atoms with Gasteiger partial charge in [-0.05, 0) is 24.6 Å². The number of hydrogen-bond donors (Lipinski definition) is 1. The lowest BCUT2D eigenvalue weighted by molar-refractivity contribution is -0.137. The van der Waals surface area contributed by atoms with Crippen molar-refractivity contribution in [3.05, 3.63) is 35.4 Å². The van der Waals surface area contributed by atoms with Crippen molar-refractivity contribution in [1.82, 2.24) is 0 Å². The summed E-state index contributed by atoms with van der Waals surface area (Å²) < 4.78 is 59.7. The lowest BCUT2D eigenvalue weighted by Crippen LogP contribution is -2.31. The highest BCUT2D eigenvalue weighted by Crippen LogP contribution is 2.32. The van der Waals surface area contributed by atoms with Crippen LogP contribution in [0.5, 0.6) is 0 Å². The summed E-state index contributed by atoms with van der Waals surface area (Å²) in [5.74, 6) is -0.638. The van der Waals surface area contributed by atoms with E-state index in [4.69, 9.17) is 0 Å². The van der Waals surface area contributed by atoms with Crippen LogP contribution in [0, 0.1) is 0 Å². The van der Waals surface area contributed by atoms with Crippen LogP contribution in [-0.2, 0) is 21.6 Å². The van der Waals surface area contributed by atoms with E-state index in [0.717, 1.165) is 24.5 Å². The Morgan fingerprint density at radius 1 is 1.22 bits per heavy atom. The minimum atomic E-state index is -4.53. The summed E-state index contributed by atoms with van der Waals surface area (Å²) in [6.45, 7) is 1.17. The van der Waals surface area contributed by atoms with Crippen molar-refractivity contribution < 1.29 is 26.7 Å². The van der Waals surface area contributed by atoms with Crippen LogP contribution in [-0.4, -0.2) is 25.5 Å². The molecule has 0 saturated heterocycles. The summed E-state index contributed by atoms with van der Waals surface area (Å²) in [4.78, 5) is 0. The highest BCUT2D eigenvalue weighted by Gasteiger charge is 2.34. The van der Waals surface area contributed by atoms with Crippen LogP contribution in [0.25, 0.3) is 0 Å². The fourth-order valence-electron chi connectivity index (χ4n) is 1.62. The van der Waals surface area contributed by atoms with Gasteiger partial charge in [-0.1, -0.05) is 12.1 Å². The van der Waals surface area contributed by atoms with E-state index in [1.54, 1.807) is 0 Å². The number of rotatable bonds is 3. The highest BCUT2D eigenvalue weighted by atomic mass is 32.2. The zero-order chi connectivity index (χ0) is 14.2. The molecule has 3 nitrogen and oxygen atoms in total. The van der Waals surface area contributed by atoms with E-state index in [9.17, 15) is 26.7 Å². The number of benzene rings is 1. The Morgan fingerprint density at radius 3 is 2.17 bits per heavy atom. The van der Waals surface area contributed by atoms with E-state index in [-0.39, 0.29) is 5.56 Å². The van der Waals surface area contributed by atoms with Gasteiger partial charge >= 0.3 is 6.18 Å². The van der Waals surface area contributed by atoms with Crippen LogP contribution in [0.4, 0.5) is 13.2 Å². The Kier molecular flexibility index (Phi) is 3.78. The van der Waals surface area contributed by atoms with Crippen molar-refractivity contribution in [2.75, 3.05) is 12.0 Å². The molecule has 0 radical (unpaired) electrons. The first kappa shape index (κ1) is 15.0. The second-order valence-electron chi connectivity index (χ2n) is 4.42. The fourth-order valence-corrected chi connectivity index (χ4v) is 2.81. The highest BCUT2D eigenvalue weighted by molar-refractivity contribution is 7.90. The summed E-state index contributed by atoms with van der Waals surface area (Å²) in [5.41, 5.74) is -2.86. The lowest BCUT2D eigenvalue weighted by Gasteiger charge is -2.23. The van der Waals surface area contributed by atoms with Crippen molar-refractivity contribution in [3.63, 3.8) is 0 Å². The fraction of sp³-hybridized carbons (Fsp3) is 0.455. The van der Waals surface area contributed by atoms with Crippen molar-refractivity contribution >= 4 is 9.84 Å². The standard InChI is InChI=1S/C11H13F3O3S/c1-10(15,7-18(2,16)17)8-4-3-5-9(6-8)11(12,13)14/h3-6,15H,7H2,1-2H3/t10-/m1/s1. The normalized spacial score (nSPS) is 16.3. The van der Waals surface area contributed by atoms with Gasteiger partial charge in [0.15, 0.2) is 9.84 Å². The maximum atomic E-state index is 12.5. The molecule has 0 heterocycles. The third-order valence-electron chi connectivity index (χ3n) is 2.36. The van der Waals surface area contributed by atoms with Gasteiger partial charge in [-0.15, -0.1) is 0 Å². The summed E-state index contributed by atoms with van der Waals surface area (Å²) in [6.07, 6.45) is -3.62. The summed E-state index contributed by atoms with van der Waals surface area (Å²) >= 11 is 0. The maximum absolute atomic E-state index is 12.5. The first-order chi connectivity index (χ1) is 7.92. The molecule has 0 unspecified atom stereocenters. The second kappa shape index (κ2) is 4.55. The average molecular weight is 282 g/mol. The number of sulfone groups is 1. The van der Waals surface area contributed by atoms with Crippen LogP contribution in [0.15, 0.2) is 24.3 Å². The zero-order valence-corrected chi connectivity index (χ0v) is 10.6. The molecule has 0 aliphatic carbocycles. The molecule has 1 aromatic rings. The predicted molar refractivity (Wildman–Crippen MR) is 60.7 cm³/mol. The van der Waals surface area contributed by atoms with E-state index in [2.05, 4.69) is 0 Å². The zero-order valence-electron chi connectivity index (χ0n) is 9.82. The molecule has 102 valence electrons. The minimum Gasteiger partial charge on any atom is -0.384 e. The summed E-state index contributed by atoms with van der Waals surface area (Å²) in [7, 11) is -3.51. The summed E-state index contributed by atoms with van der Waals surface area (Å²) in [6, 6.07) is 4.01. The third kappa shape index (κ3) is 3.99. The first-order valence-corrected chi connectivity index (χ1v) is 7.06. The predicted octanol–water partition coefficient (Wildman–Crippen LogP) is 1.96. The molecule has 1 atom stereocenters. The number of hydrogen-bond acceptors (Lipinski definition) is 3. The molecule has 0 fully saturated rings. The monoisotopic (exact) mass is 282 g/mol. The molecule has 0 amide bonds. The van der Waals surface area contributed by atoms with Gasteiger partial charge in [-0.2, -0.15) is 13.2 Å². The van der Waals surface area contributed by atoms with Crippen molar-refractivity contribution in [2.24, 2.45) is 0 Å². The Hall–Kier alpha value is -1.08. The van der Waals surface area contributed by atoms with Gasteiger partial charge in [0.05, 0.1) is 11.3 Å². The Bertz CT molecular complexity index is 533. The van der Waals surface area contributed by atoms with Crippen molar-refractivity contribution in [2.45, 2.75) is 18.7 Å². The van der Waals surface area contributed by atoms with Crippen LogP contribution >= 0.6 is 0 Å². The molecule has 0 saturated carbocycles. The molecule has 1 aromatic carbocycles. The van der Waals surface area contributed by atoms with Crippen LogP contribution in [0.1, 0.15) is 18.1 Å². The number of halogens is 3. The summed E-state index contributed by atoms with van der Waals surface area (Å²) in [5, 5.41) is 9.97. The third-order valence-corrected chi connectivity index (χ3v) is 3.44. The van der Waals surface area contributed by atoms with E-state index in [0.29, 0.717) is 0 Å². The van der Waals surface area contributed by atoms with Gasteiger partial charge in [0, 0.05) is 6.26 Å². The molecule has 0 spiro atoms. The topological polar surface area (TPSA) is 54.4 Å². The van der Waals surface area contributed by atoms with Gasteiger partial charge in [0.2, 0.25) is 0 Å². The van der Waals surface area contributed by atoms with Crippen LogP contribution in [0.3, 0.4) is 0 Å². The molecule has 0 aliphatic heterocycles. The SMILES string of the molecule is C[C@@](O)(CS(C)(=O)=O)c1cccc(C(F)(F)F)c1. The van der Waals surface area contributed by atoms with Gasteiger partial charge in [-0.25, -0.2) is 8.42 Å². The smallest absolute Gasteiger partial charge is 0.384 e. The Balaban J connectivity index is 3.18. The molecular weight excluding hydrogens is 269 g/mol. The van der Waals surface area contributed by atoms with Crippen LogP contribution < -0.4 is 0 Å². The van der Waals surface area contributed by atoms with E-state index in [1.807, 2.05) is 0 Å². The quantitative estimate of drug-likeness (QED) is 0.922. The van der Waals surface area contributed by atoms with Crippen molar-refractivity contribution in [3.8, 4) is 0 Å². The largest absolute Gasteiger partial charge is 0.416 e. The van der Waals surface area contributed by atoms with Gasteiger partial charge in [0.25, 0.3) is 0 Å². The Morgan fingerprint density at radius 2 is 1.72 bits per heavy atom. The Labute approximate surface area is 103 Å². The van der Waals surface area contributed by atoms with Gasteiger partial charge in [0.1, 0.15) is 5.60 Å². The molecular formula is C11H13F3O3S. The van der Waals surface area contributed by atoms with Crippen LogP contribution in [0.2, 0.25) is 0 Å². The first-order valence-electron chi connectivity index (χ1n) is 5.00. The lowest BCUT2D eigenvalue weighted by atomic mass is 9.96. The molecule has 0 aliphatic rings. The minimum absolute atomic E-state index is 0.0808. The van der Waals surface area contributed by atoms with E-state index >= 15 is 0 Å². The van der Waals surface area contributed by atoms with Gasteiger partial charge in [-0.3, -0.25) is 0 Å². The van der Waals surface area contributed by atoms with Crippen molar-refractivity contribution in [1.29, 1.82) is 0 Å². The molecule has 1 rings (SSSR count).